The highest BCUT2D eigenvalue weighted by Crippen LogP contribution is 2.22. The molecule has 6 nitrogen and oxygen atoms in total. The van der Waals surface area contributed by atoms with Crippen molar-refractivity contribution in [3.05, 3.63) is 45.9 Å². The molecule has 2 saturated heterocycles. The van der Waals surface area contributed by atoms with Gasteiger partial charge in [0.2, 0.25) is 5.91 Å². The number of thiazole rings is 1. The number of hydrogen-bond donors (Lipinski definition) is 0. The molecule has 3 heterocycles. The van der Waals surface area contributed by atoms with Crippen molar-refractivity contribution < 1.29 is 14.3 Å². The molecule has 4 rings (SSSR count). The summed E-state index contributed by atoms with van der Waals surface area (Å²) in [4.78, 5) is 21.9. The van der Waals surface area contributed by atoms with Crippen LogP contribution in [0.15, 0.2) is 29.6 Å². The van der Waals surface area contributed by atoms with Crippen molar-refractivity contribution in [2.24, 2.45) is 5.92 Å². The molecule has 0 atom stereocenters. The van der Waals surface area contributed by atoms with Crippen LogP contribution in [0.5, 0.6) is 5.75 Å². The fraction of sp³-hybridized carbons (Fsp3) is 0.583. The smallest absolute Gasteiger partial charge is 0.228 e. The first-order chi connectivity index (χ1) is 15.2. The highest BCUT2D eigenvalue weighted by atomic mass is 32.1. The van der Waals surface area contributed by atoms with Crippen molar-refractivity contribution in [1.29, 1.82) is 0 Å². The second-order valence-corrected chi connectivity index (χ2v) is 9.52. The second-order valence-electron chi connectivity index (χ2n) is 8.58. The molecule has 0 aliphatic carbocycles. The maximum absolute atomic E-state index is 12.7. The molecule has 0 spiro atoms. The number of carbonyl (C=O) groups is 1. The van der Waals surface area contributed by atoms with Crippen LogP contribution < -0.4 is 4.74 Å². The molecule has 0 unspecified atom stereocenters. The number of amides is 1. The highest BCUT2D eigenvalue weighted by molar-refractivity contribution is 7.09. The number of rotatable bonds is 8. The van der Waals surface area contributed by atoms with Crippen molar-refractivity contribution in [1.82, 2.24) is 14.8 Å². The van der Waals surface area contributed by atoms with Crippen molar-refractivity contribution in [2.45, 2.75) is 39.2 Å². The molecule has 2 aliphatic rings. The summed E-state index contributed by atoms with van der Waals surface area (Å²) < 4.78 is 11.2. The van der Waals surface area contributed by atoms with Gasteiger partial charge in [0, 0.05) is 31.6 Å². The lowest BCUT2D eigenvalue weighted by atomic mass is 9.93. The van der Waals surface area contributed by atoms with E-state index in [1.807, 2.05) is 34.5 Å². The standard InChI is InChI=1S/C24H33N3O3S/c1-19-2-4-22(5-3-19)30-17-23-25-21(18-31-23)16-24(28)27-10-7-20(8-11-27)6-9-26-12-14-29-15-13-26/h2-5,18,20H,6-17H2,1H3. The largest absolute Gasteiger partial charge is 0.486 e. The average Bonchev–Trinajstić information content (AvgIpc) is 3.25. The zero-order valence-electron chi connectivity index (χ0n) is 18.4. The van der Waals surface area contributed by atoms with Crippen LogP contribution in [0.4, 0.5) is 0 Å². The topological polar surface area (TPSA) is 54.9 Å². The minimum absolute atomic E-state index is 0.197. The summed E-state index contributed by atoms with van der Waals surface area (Å²) in [6.07, 6.45) is 3.85. The van der Waals surface area contributed by atoms with Crippen molar-refractivity contribution in [3.8, 4) is 5.75 Å². The van der Waals surface area contributed by atoms with Gasteiger partial charge in [-0.3, -0.25) is 9.69 Å². The maximum Gasteiger partial charge on any atom is 0.228 e. The minimum Gasteiger partial charge on any atom is -0.486 e. The Kier molecular flexibility index (Phi) is 7.94. The van der Waals surface area contributed by atoms with Gasteiger partial charge in [0.1, 0.15) is 17.4 Å². The summed E-state index contributed by atoms with van der Waals surface area (Å²) in [6.45, 7) is 9.26. The molecule has 2 aliphatic heterocycles. The molecule has 2 fully saturated rings. The number of carbonyl (C=O) groups excluding carboxylic acids is 1. The fourth-order valence-electron chi connectivity index (χ4n) is 4.20. The third-order valence-corrected chi connectivity index (χ3v) is 7.11. The molecule has 1 amide bonds. The predicted octanol–water partition coefficient (Wildman–Crippen LogP) is 3.53. The van der Waals surface area contributed by atoms with Crippen LogP contribution in [0.1, 0.15) is 35.5 Å². The Morgan fingerprint density at radius 2 is 1.90 bits per heavy atom. The van der Waals surface area contributed by atoms with Gasteiger partial charge >= 0.3 is 0 Å². The predicted molar refractivity (Wildman–Crippen MR) is 123 cm³/mol. The van der Waals surface area contributed by atoms with Crippen LogP contribution in [0, 0.1) is 12.8 Å². The van der Waals surface area contributed by atoms with Gasteiger partial charge in [-0.15, -0.1) is 11.3 Å². The molecule has 0 bridgehead atoms. The number of ether oxygens (including phenoxy) is 2. The van der Waals surface area contributed by atoms with Crippen molar-refractivity contribution in [3.63, 3.8) is 0 Å². The van der Waals surface area contributed by atoms with E-state index in [-0.39, 0.29) is 5.91 Å². The number of piperidine rings is 1. The van der Waals surface area contributed by atoms with Gasteiger partial charge in [0.05, 0.1) is 25.3 Å². The number of aryl methyl sites for hydroxylation is 1. The fourth-order valence-corrected chi connectivity index (χ4v) is 4.91. The van der Waals surface area contributed by atoms with E-state index < -0.39 is 0 Å². The Hall–Kier alpha value is -1.96. The lowest BCUT2D eigenvalue weighted by Gasteiger charge is -2.34. The summed E-state index contributed by atoms with van der Waals surface area (Å²) in [5.74, 6) is 1.77. The van der Waals surface area contributed by atoms with Crippen LogP contribution in [0.25, 0.3) is 0 Å². The van der Waals surface area contributed by atoms with E-state index in [4.69, 9.17) is 9.47 Å². The maximum atomic E-state index is 12.7. The molecule has 7 heteroatoms. The number of benzene rings is 1. The summed E-state index contributed by atoms with van der Waals surface area (Å²) >= 11 is 1.56. The lowest BCUT2D eigenvalue weighted by molar-refractivity contribution is -0.131. The van der Waals surface area contributed by atoms with E-state index >= 15 is 0 Å². The monoisotopic (exact) mass is 443 g/mol. The molecule has 0 N–H and O–H groups in total. The molecule has 168 valence electrons. The number of likely N-dealkylation sites (tertiary alicyclic amines) is 1. The third-order valence-electron chi connectivity index (χ3n) is 6.24. The quantitative estimate of drug-likeness (QED) is 0.625. The van der Waals surface area contributed by atoms with Gasteiger partial charge < -0.3 is 14.4 Å². The molecular formula is C24H33N3O3S. The highest BCUT2D eigenvalue weighted by Gasteiger charge is 2.24. The average molecular weight is 444 g/mol. The second kappa shape index (κ2) is 11.1. The first-order valence-corrected chi connectivity index (χ1v) is 12.2. The van der Waals surface area contributed by atoms with Crippen molar-refractivity contribution >= 4 is 17.2 Å². The minimum atomic E-state index is 0.197. The van der Waals surface area contributed by atoms with E-state index in [1.165, 1.54) is 12.0 Å². The summed E-state index contributed by atoms with van der Waals surface area (Å²) in [7, 11) is 0. The molecule has 0 radical (unpaired) electrons. The van der Waals surface area contributed by atoms with E-state index in [9.17, 15) is 4.79 Å². The Morgan fingerprint density at radius 1 is 1.16 bits per heavy atom. The van der Waals surface area contributed by atoms with Gasteiger partial charge in [-0.2, -0.15) is 0 Å². The van der Waals surface area contributed by atoms with E-state index in [1.54, 1.807) is 11.3 Å². The number of hydrogen-bond acceptors (Lipinski definition) is 6. The van der Waals surface area contributed by atoms with Crippen LogP contribution in [0.2, 0.25) is 0 Å². The van der Waals surface area contributed by atoms with Crippen LogP contribution in [-0.2, 0) is 22.6 Å². The first-order valence-electron chi connectivity index (χ1n) is 11.4. The lowest BCUT2D eigenvalue weighted by Crippen LogP contribution is -2.41. The number of nitrogens with zero attached hydrogens (tertiary/aromatic N) is 3. The summed E-state index contributed by atoms with van der Waals surface area (Å²) in [5, 5.41) is 2.89. The Morgan fingerprint density at radius 3 is 2.65 bits per heavy atom. The molecular weight excluding hydrogens is 410 g/mol. The zero-order chi connectivity index (χ0) is 21.5. The van der Waals surface area contributed by atoms with Crippen LogP contribution in [0.3, 0.4) is 0 Å². The molecule has 31 heavy (non-hydrogen) atoms. The Bertz CT molecular complexity index is 825. The Labute approximate surface area is 189 Å². The van der Waals surface area contributed by atoms with Gasteiger partial charge in [-0.1, -0.05) is 17.7 Å². The Balaban J connectivity index is 1.16. The summed E-state index contributed by atoms with van der Waals surface area (Å²) in [6, 6.07) is 8.01. The third kappa shape index (κ3) is 6.76. The molecule has 1 aromatic carbocycles. The van der Waals surface area contributed by atoms with E-state index in [0.29, 0.717) is 13.0 Å². The van der Waals surface area contributed by atoms with Crippen LogP contribution >= 0.6 is 11.3 Å². The van der Waals surface area contributed by atoms with Gasteiger partial charge in [-0.25, -0.2) is 4.98 Å². The van der Waals surface area contributed by atoms with E-state index in [2.05, 4.69) is 16.8 Å². The van der Waals surface area contributed by atoms with Gasteiger partial charge in [0.15, 0.2) is 0 Å². The van der Waals surface area contributed by atoms with Gasteiger partial charge in [-0.05, 0) is 50.8 Å². The van der Waals surface area contributed by atoms with Gasteiger partial charge in [0.25, 0.3) is 0 Å². The van der Waals surface area contributed by atoms with Crippen LogP contribution in [-0.4, -0.2) is 66.6 Å². The molecule has 1 aromatic heterocycles. The number of aromatic nitrogens is 1. The SMILES string of the molecule is Cc1ccc(OCc2nc(CC(=O)N3CCC(CCN4CCOCC4)CC3)cs2)cc1. The van der Waals surface area contributed by atoms with E-state index in [0.717, 1.165) is 81.1 Å². The first kappa shape index (κ1) is 22.2. The molecule has 2 aromatic rings. The molecule has 0 saturated carbocycles. The van der Waals surface area contributed by atoms with Crippen molar-refractivity contribution in [2.75, 3.05) is 45.9 Å². The summed E-state index contributed by atoms with van der Waals surface area (Å²) in [5.41, 5.74) is 2.07. The normalized spacial score (nSPS) is 18.3. The zero-order valence-corrected chi connectivity index (χ0v) is 19.2. The number of morpholine rings is 1.